The number of nitrogens with two attached hydrogens (primary N) is 1. The van der Waals surface area contributed by atoms with Crippen LogP contribution >= 0.6 is 22.9 Å². The highest BCUT2D eigenvalue weighted by molar-refractivity contribution is 7.11. The first-order chi connectivity index (χ1) is 9.97. The molecule has 0 aliphatic heterocycles. The number of aromatic nitrogens is 2. The van der Waals surface area contributed by atoms with Crippen LogP contribution in [-0.2, 0) is 6.42 Å². The van der Waals surface area contributed by atoms with Crippen LogP contribution in [-0.4, -0.2) is 27.9 Å². The molecule has 2 aromatic rings. The van der Waals surface area contributed by atoms with Crippen molar-refractivity contribution in [3.05, 3.63) is 21.6 Å². The second kappa shape index (κ2) is 6.86. The maximum atomic E-state index is 12.1. The molecule has 0 atom stereocenters. The second-order valence-corrected chi connectivity index (χ2v) is 6.68. The average molecular weight is 325 g/mol. The molecule has 2 heterocycles. The van der Waals surface area contributed by atoms with Crippen molar-refractivity contribution in [2.24, 2.45) is 0 Å². The number of carbonyl (C=O) groups excluding carboxylic acids is 1. The predicted octanol–water partition coefficient (Wildman–Crippen LogP) is 2.28. The molecule has 2 rings (SSSR count). The number of thiazole rings is 1. The molecule has 0 fully saturated rings. The number of nitrogen functional groups attached to an aromatic ring is 1. The van der Waals surface area contributed by atoms with Crippen molar-refractivity contribution in [1.82, 2.24) is 14.7 Å². The van der Waals surface area contributed by atoms with Gasteiger partial charge in [-0.15, -0.1) is 11.3 Å². The summed E-state index contributed by atoms with van der Waals surface area (Å²) in [7, 11) is 0. The van der Waals surface area contributed by atoms with Crippen LogP contribution < -0.4 is 16.4 Å². The van der Waals surface area contributed by atoms with Crippen LogP contribution in [0.15, 0.2) is 5.38 Å². The summed E-state index contributed by atoms with van der Waals surface area (Å²) >= 11 is 2.85. The first-order valence-corrected chi connectivity index (χ1v) is 8.33. The van der Waals surface area contributed by atoms with E-state index in [1.54, 1.807) is 11.3 Å². The lowest BCUT2D eigenvalue weighted by Gasteiger charge is -2.10. The molecule has 0 saturated heterocycles. The van der Waals surface area contributed by atoms with E-state index in [9.17, 15) is 4.79 Å². The summed E-state index contributed by atoms with van der Waals surface area (Å²) < 4.78 is 4.06. The lowest BCUT2D eigenvalue weighted by Crippen LogP contribution is -2.31. The largest absolute Gasteiger partial charge is 0.382 e. The van der Waals surface area contributed by atoms with E-state index in [4.69, 9.17) is 5.73 Å². The third kappa shape index (κ3) is 4.15. The van der Waals surface area contributed by atoms with Crippen LogP contribution in [0.25, 0.3) is 0 Å². The molecule has 4 N–H and O–H groups in total. The first kappa shape index (κ1) is 15.7. The smallest absolute Gasteiger partial charge is 0.258 e. The van der Waals surface area contributed by atoms with Gasteiger partial charge in [-0.2, -0.15) is 4.37 Å². The van der Waals surface area contributed by atoms with E-state index in [1.165, 1.54) is 11.5 Å². The number of hydrogen-bond acceptors (Lipinski definition) is 7. The normalized spacial score (nSPS) is 10.9. The van der Waals surface area contributed by atoms with Crippen LogP contribution in [0.1, 0.15) is 34.9 Å². The zero-order valence-electron chi connectivity index (χ0n) is 12.3. The third-order valence-electron chi connectivity index (χ3n) is 2.66. The molecule has 0 aliphatic carbocycles. The van der Waals surface area contributed by atoms with Crippen molar-refractivity contribution >= 4 is 39.6 Å². The third-order valence-corrected chi connectivity index (χ3v) is 4.50. The van der Waals surface area contributed by atoms with Crippen molar-refractivity contribution in [3.63, 3.8) is 0 Å². The van der Waals surface area contributed by atoms with E-state index in [1.807, 2.05) is 26.2 Å². The molecule has 0 saturated carbocycles. The van der Waals surface area contributed by atoms with Gasteiger partial charge in [0.15, 0.2) is 5.82 Å². The van der Waals surface area contributed by atoms with Crippen molar-refractivity contribution < 1.29 is 4.79 Å². The highest BCUT2D eigenvalue weighted by Gasteiger charge is 2.19. The van der Waals surface area contributed by atoms with Crippen molar-refractivity contribution in [3.8, 4) is 0 Å². The summed E-state index contributed by atoms with van der Waals surface area (Å²) in [5.74, 6) is 0.0783. The van der Waals surface area contributed by atoms with Crippen LogP contribution in [0.4, 0.5) is 10.8 Å². The number of aryl methyl sites for hydroxylation is 1. The molecule has 0 aromatic carbocycles. The first-order valence-electron chi connectivity index (χ1n) is 6.68. The fourth-order valence-electron chi connectivity index (χ4n) is 1.78. The van der Waals surface area contributed by atoms with Gasteiger partial charge in [0.2, 0.25) is 0 Å². The van der Waals surface area contributed by atoms with Gasteiger partial charge >= 0.3 is 0 Å². The Morgan fingerprint density at radius 3 is 2.86 bits per heavy atom. The van der Waals surface area contributed by atoms with E-state index in [-0.39, 0.29) is 17.8 Å². The van der Waals surface area contributed by atoms with Gasteiger partial charge < -0.3 is 16.4 Å². The Balaban J connectivity index is 1.98. The summed E-state index contributed by atoms with van der Waals surface area (Å²) in [6.07, 6.45) is 0.807. The van der Waals surface area contributed by atoms with E-state index in [2.05, 4.69) is 20.0 Å². The molecule has 0 spiro atoms. The number of nitrogens with zero attached hydrogens (tertiary/aromatic N) is 2. The van der Waals surface area contributed by atoms with Gasteiger partial charge in [0.1, 0.15) is 10.6 Å². The maximum absolute atomic E-state index is 12.1. The van der Waals surface area contributed by atoms with Crippen LogP contribution in [0, 0.1) is 6.92 Å². The molecule has 6 nitrogen and oxygen atoms in total. The summed E-state index contributed by atoms with van der Waals surface area (Å²) in [6.45, 7) is 6.49. The molecule has 0 aliphatic rings. The SMILES string of the molecule is Cc1csc(CCNc2snc(N)c2C(=O)NC(C)C)n1. The van der Waals surface area contributed by atoms with E-state index in [0.29, 0.717) is 17.1 Å². The van der Waals surface area contributed by atoms with Crippen molar-refractivity contribution in [1.29, 1.82) is 0 Å². The molecule has 2 aromatic heterocycles. The van der Waals surface area contributed by atoms with Crippen LogP contribution in [0.5, 0.6) is 0 Å². The maximum Gasteiger partial charge on any atom is 0.258 e. The van der Waals surface area contributed by atoms with Crippen LogP contribution in [0.3, 0.4) is 0 Å². The summed E-state index contributed by atoms with van der Waals surface area (Å²) in [4.78, 5) is 16.5. The number of rotatable bonds is 6. The Morgan fingerprint density at radius 2 is 2.24 bits per heavy atom. The van der Waals surface area contributed by atoms with Gasteiger partial charge in [-0.25, -0.2) is 4.98 Å². The molecule has 0 unspecified atom stereocenters. The zero-order valence-corrected chi connectivity index (χ0v) is 13.9. The number of carbonyl (C=O) groups is 1. The monoisotopic (exact) mass is 325 g/mol. The fraction of sp³-hybridized carbons (Fsp3) is 0.462. The summed E-state index contributed by atoms with van der Waals surface area (Å²) in [5.41, 5.74) is 7.26. The van der Waals surface area contributed by atoms with E-state index in [0.717, 1.165) is 17.1 Å². The Hall–Kier alpha value is -1.67. The second-order valence-electron chi connectivity index (χ2n) is 4.96. The number of anilines is 2. The molecular formula is C13H19N5OS2. The molecular weight excluding hydrogens is 306 g/mol. The minimum atomic E-state index is -0.191. The standard InChI is InChI=1S/C13H19N5OS2/c1-7(2)16-12(19)10-11(14)18-21-13(10)15-5-4-9-17-8(3)6-20-9/h6-7,15H,4-5H2,1-3H3,(H2,14,18)(H,16,19). The number of nitrogens with one attached hydrogen (secondary N) is 2. The molecule has 114 valence electrons. The summed E-state index contributed by atoms with van der Waals surface area (Å²) in [6, 6.07) is 0.0583. The molecule has 0 radical (unpaired) electrons. The quantitative estimate of drug-likeness (QED) is 0.757. The number of amides is 1. The van der Waals surface area contributed by atoms with Gasteiger partial charge in [0.25, 0.3) is 5.91 Å². The molecule has 0 bridgehead atoms. The van der Waals surface area contributed by atoms with Crippen molar-refractivity contribution in [2.75, 3.05) is 17.6 Å². The minimum absolute atomic E-state index is 0.0583. The zero-order chi connectivity index (χ0) is 15.4. The van der Waals surface area contributed by atoms with Gasteiger partial charge in [0, 0.05) is 30.1 Å². The lowest BCUT2D eigenvalue weighted by atomic mass is 10.2. The lowest BCUT2D eigenvalue weighted by molar-refractivity contribution is 0.0945. The van der Waals surface area contributed by atoms with Gasteiger partial charge in [0.05, 0.1) is 5.01 Å². The van der Waals surface area contributed by atoms with E-state index >= 15 is 0 Å². The van der Waals surface area contributed by atoms with Crippen molar-refractivity contribution in [2.45, 2.75) is 33.2 Å². The Labute approximate surface area is 132 Å². The Morgan fingerprint density at radius 1 is 1.48 bits per heavy atom. The van der Waals surface area contributed by atoms with Crippen LogP contribution in [0.2, 0.25) is 0 Å². The van der Waals surface area contributed by atoms with Gasteiger partial charge in [-0.1, -0.05) is 0 Å². The van der Waals surface area contributed by atoms with Gasteiger partial charge in [-0.05, 0) is 32.3 Å². The minimum Gasteiger partial charge on any atom is -0.382 e. The molecule has 1 amide bonds. The van der Waals surface area contributed by atoms with E-state index < -0.39 is 0 Å². The topological polar surface area (TPSA) is 92.9 Å². The highest BCUT2D eigenvalue weighted by Crippen LogP contribution is 2.26. The Bertz CT molecular complexity index is 620. The van der Waals surface area contributed by atoms with Gasteiger partial charge in [-0.3, -0.25) is 4.79 Å². The Kier molecular flexibility index (Phi) is 5.13. The molecule has 21 heavy (non-hydrogen) atoms. The predicted molar refractivity (Wildman–Crippen MR) is 88.2 cm³/mol. The summed E-state index contributed by atoms with van der Waals surface area (Å²) in [5, 5.41) is 9.87. The fourth-order valence-corrected chi connectivity index (χ4v) is 3.29. The molecule has 8 heteroatoms. The number of hydrogen-bond donors (Lipinski definition) is 3. The average Bonchev–Trinajstić information content (AvgIpc) is 2.95. The highest BCUT2D eigenvalue weighted by atomic mass is 32.1.